The average Bonchev–Trinajstić information content (AvgIpc) is 3.04. The first-order valence-electron chi connectivity index (χ1n) is 6.53. The van der Waals surface area contributed by atoms with Crippen molar-refractivity contribution in [2.45, 2.75) is 19.3 Å². The first-order chi connectivity index (χ1) is 9.24. The second kappa shape index (κ2) is 4.97. The van der Waals surface area contributed by atoms with Gasteiger partial charge in [-0.15, -0.1) is 0 Å². The first kappa shape index (κ1) is 12.1. The number of carbonyl (C=O) groups is 1. The van der Waals surface area contributed by atoms with E-state index >= 15 is 0 Å². The van der Waals surface area contributed by atoms with Crippen LogP contribution in [0.2, 0.25) is 0 Å². The zero-order chi connectivity index (χ0) is 13.2. The summed E-state index contributed by atoms with van der Waals surface area (Å²) in [6.07, 6.45) is 4.82. The molecule has 0 amide bonds. The van der Waals surface area contributed by atoms with Gasteiger partial charge in [-0.25, -0.2) is 14.8 Å². The largest absolute Gasteiger partial charge is 0.478 e. The molecule has 0 aliphatic carbocycles. The van der Waals surface area contributed by atoms with Crippen LogP contribution in [0.1, 0.15) is 29.0 Å². The molecule has 19 heavy (non-hydrogen) atoms. The molecule has 1 aliphatic rings. The first-order valence-corrected chi connectivity index (χ1v) is 6.53. The van der Waals surface area contributed by atoms with Gasteiger partial charge in [0.15, 0.2) is 5.65 Å². The molecule has 0 atom stereocenters. The highest BCUT2D eigenvalue weighted by Crippen LogP contribution is 2.15. The highest BCUT2D eigenvalue weighted by atomic mass is 16.4. The number of carboxylic acid groups (broad SMARTS) is 1. The number of aromatic nitrogens is 3. The molecule has 0 bridgehead atoms. The predicted octanol–water partition coefficient (Wildman–Crippen LogP) is 1.29. The number of hydrogen-bond acceptors (Lipinski definition) is 4. The maximum atomic E-state index is 11.1. The van der Waals surface area contributed by atoms with Crippen LogP contribution in [0.25, 0.3) is 11.2 Å². The number of fused-ring (bicyclic) bond motifs is 1. The molecule has 0 unspecified atom stereocenters. The molecule has 0 aromatic carbocycles. The Hall–Kier alpha value is -1.95. The van der Waals surface area contributed by atoms with E-state index in [4.69, 9.17) is 5.11 Å². The molecule has 100 valence electrons. The lowest BCUT2D eigenvalue weighted by atomic mass is 10.2. The van der Waals surface area contributed by atoms with Crippen molar-refractivity contribution in [3.8, 4) is 0 Å². The summed E-state index contributed by atoms with van der Waals surface area (Å²) < 4.78 is 0. The monoisotopic (exact) mass is 260 g/mol. The van der Waals surface area contributed by atoms with Crippen LogP contribution in [0.4, 0.5) is 0 Å². The van der Waals surface area contributed by atoms with Crippen LogP contribution >= 0.6 is 0 Å². The molecule has 3 rings (SSSR count). The van der Waals surface area contributed by atoms with E-state index in [1.807, 2.05) is 0 Å². The van der Waals surface area contributed by atoms with Crippen molar-refractivity contribution in [3.63, 3.8) is 0 Å². The van der Waals surface area contributed by atoms with Crippen LogP contribution in [0.3, 0.4) is 0 Å². The van der Waals surface area contributed by atoms with Gasteiger partial charge in [-0.3, -0.25) is 0 Å². The number of rotatable bonds is 4. The number of imidazole rings is 1. The van der Waals surface area contributed by atoms with Crippen LogP contribution in [0, 0.1) is 0 Å². The molecule has 6 heteroatoms. The molecule has 3 heterocycles. The lowest BCUT2D eigenvalue weighted by Gasteiger charge is -2.12. The average molecular weight is 260 g/mol. The second-order valence-electron chi connectivity index (χ2n) is 4.84. The molecule has 0 spiro atoms. The molecule has 1 saturated heterocycles. The molecule has 2 N–H and O–H groups in total. The number of likely N-dealkylation sites (tertiary alicyclic amines) is 1. The molecular weight excluding hydrogens is 244 g/mol. The Morgan fingerprint density at radius 1 is 1.42 bits per heavy atom. The van der Waals surface area contributed by atoms with E-state index in [-0.39, 0.29) is 5.56 Å². The Balaban J connectivity index is 1.80. The number of aromatic amines is 1. The Morgan fingerprint density at radius 3 is 2.95 bits per heavy atom. The van der Waals surface area contributed by atoms with Crippen molar-refractivity contribution in [3.05, 3.63) is 23.7 Å². The van der Waals surface area contributed by atoms with E-state index in [9.17, 15) is 4.79 Å². The maximum absolute atomic E-state index is 11.1. The van der Waals surface area contributed by atoms with Gasteiger partial charge in [0, 0.05) is 19.2 Å². The minimum absolute atomic E-state index is 0.227. The summed E-state index contributed by atoms with van der Waals surface area (Å²) in [5.74, 6) is -0.148. The van der Waals surface area contributed by atoms with Crippen molar-refractivity contribution in [2.75, 3.05) is 19.6 Å². The Bertz CT molecular complexity index is 602. The lowest BCUT2D eigenvalue weighted by Crippen LogP contribution is -2.22. The number of nitrogens with one attached hydrogen (secondary N) is 1. The van der Waals surface area contributed by atoms with E-state index in [0.717, 1.165) is 31.9 Å². The van der Waals surface area contributed by atoms with E-state index in [1.165, 1.54) is 25.1 Å². The van der Waals surface area contributed by atoms with Crippen LogP contribution in [-0.4, -0.2) is 50.6 Å². The number of H-pyrrole nitrogens is 1. The van der Waals surface area contributed by atoms with E-state index in [2.05, 4.69) is 19.9 Å². The molecule has 2 aromatic heterocycles. The number of hydrogen-bond donors (Lipinski definition) is 2. The van der Waals surface area contributed by atoms with Gasteiger partial charge in [0.05, 0.1) is 11.1 Å². The topological polar surface area (TPSA) is 82.1 Å². The molecular formula is C13H16N4O2. The Morgan fingerprint density at radius 2 is 2.21 bits per heavy atom. The second-order valence-corrected chi connectivity index (χ2v) is 4.84. The maximum Gasteiger partial charge on any atom is 0.338 e. The molecule has 6 nitrogen and oxygen atoms in total. The number of carboxylic acids is 1. The zero-order valence-electron chi connectivity index (χ0n) is 10.6. The van der Waals surface area contributed by atoms with Crippen LogP contribution in [0.5, 0.6) is 0 Å². The van der Waals surface area contributed by atoms with Crippen molar-refractivity contribution in [1.29, 1.82) is 0 Å². The third-order valence-corrected chi connectivity index (χ3v) is 3.54. The Labute approximate surface area is 110 Å². The fraction of sp³-hybridized carbons (Fsp3) is 0.462. The number of pyridine rings is 1. The molecule has 0 saturated carbocycles. The summed E-state index contributed by atoms with van der Waals surface area (Å²) in [7, 11) is 0. The third kappa shape index (κ3) is 2.44. The summed E-state index contributed by atoms with van der Waals surface area (Å²) in [5.41, 5.74) is 1.23. The highest BCUT2D eigenvalue weighted by molar-refractivity contribution is 5.99. The van der Waals surface area contributed by atoms with Crippen LogP contribution < -0.4 is 0 Å². The van der Waals surface area contributed by atoms with E-state index in [0.29, 0.717) is 11.2 Å². The zero-order valence-corrected chi connectivity index (χ0v) is 10.6. The lowest BCUT2D eigenvalue weighted by molar-refractivity contribution is 0.0698. The van der Waals surface area contributed by atoms with E-state index < -0.39 is 5.97 Å². The van der Waals surface area contributed by atoms with E-state index in [1.54, 1.807) is 0 Å². The quantitative estimate of drug-likeness (QED) is 0.865. The third-order valence-electron chi connectivity index (χ3n) is 3.54. The van der Waals surface area contributed by atoms with Crippen molar-refractivity contribution in [2.24, 2.45) is 0 Å². The van der Waals surface area contributed by atoms with Gasteiger partial charge >= 0.3 is 5.97 Å². The normalized spacial score (nSPS) is 16.2. The number of nitrogens with zero attached hydrogens (tertiary/aromatic N) is 3. The van der Waals surface area contributed by atoms with Crippen molar-refractivity contribution in [1.82, 2.24) is 19.9 Å². The van der Waals surface area contributed by atoms with Gasteiger partial charge in [0.25, 0.3) is 0 Å². The van der Waals surface area contributed by atoms with Gasteiger partial charge in [-0.05, 0) is 32.0 Å². The SMILES string of the molecule is O=C(O)c1ccnc2nc(CCN3CCCC3)[nH]c12. The molecule has 1 aliphatic heterocycles. The summed E-state index contributed by atoms with van der Waals surface area (Å²) in [6, 6.07) is 1.49. The minimum atomic E-state index is -0.956. The fourth-order valence-electron chi connectivity index (χ4n) is 2.53. The predicted molar refractivity (Wildman–Crippen MR) is 70.2 cm³/mol. The fourth-order valence-corrected chi connectivity index (χ4v) is 2.53. The summed E-state index contributed by atoms with van der Waals surface area (Å²) in [4.78, 5) is 25.1. The van der Waals surface area contributed by atoms with Crippen LogP contribution in [-0.2, 0) is 6.42 Å². The molecule has 2 aromatic rings. The summed E-state index contributed by atoms with van der Waals surface area (Å²) in [6.45, 7) is 3.26. The van der Waals surface area contributed by atoms with Gasteiger partial charge in [-0.2, -0.15) is 0 Å². The smallest absolute Gasteiger partial charge is 0.338 e. The van der Waals surface area contributed by atoms with Gasteiger partial charge < -0.3 is 15.0 Å². The standard InChI is InChI=1S/C13H16N4O2/c18-13(19)9-3-5-14-12-11(9)15-10(16-12)4-8-17-6-1-2-7-17/h3,5H,1-2,4,6-8H2,(H,18,19)(H,14,15,16). The summed E-state index contributed by atoms with van der Waals surface area (Å²) >= 11 is 0. The van der Waals surface area contributed by atoms with Gasteiger partial charge in [0.1, 0.15) is 5.82 Å². The van der Waals surface area contributed by atoms with Crippen molar-refractivity contribution >= 4 is 17.1 Å². The molecule has 1 fully saturated rings. The number of aromatic carboxylic acids is 1. The Kier molecular flexibility index (Phi) is 3.16. The van der Waals surface area contributed by atoms with Gasteiger partial charge in [0.2, 0.25) is 0 Å². The van der Waals surface area contributed by atoms with Crippen LogP contribution in [0.15, 0.2) is 12.3 Å². The molecule has 0 radical (unpaired) electrons. The van der Waals surface area contributed by atoms with Crippen molar-refractivity contribution < 1.29 is 9.90 Å². The highest BCUT2D eigenvalue weighted by Gasteiger charge is 2.15. The minimum Gasteiger partial charge on any atom is -0.478 e. The van der Waals surface area contributed by atoms with Gasteiger partial charge in [-0.1, -0.05) is 0 Å². The summed E-state index contributed by atoms with van der Waals surface area (Å²) in [5, 5.41) is 9.11.